The zero-order chi connectivity index (χ0) is 16.3. The Labute approximate surface area is 129 Å². The zero-order valence-electron chi connectivity index (χ0n) is 13.3. The summed E-state index contributed by atoms with van der Waals surface area (Å²) in [7, 11) is 0. The molecule has 0 saturated heterocycles. The van der Waals surface area contributed by atoms with Gasteiger partial charge in [-0.1, -0.05) is 37.2 Å². The molecule has 1 heterocycles. The van der Waals surface area contributed by atoms with Gasteiger partial charge in [-0.2, -0.15) is 0 Å². The Morgan fingerprint density at radius 3 is 2.64 bits per heavy atom. The third-order valence-electron chi connectivity index (χ3n) is 3.50. The first-order chi connectivity index (χ1) is 10.4. The van der Waals surface area contributed by atoms with E-state index in [2.05, 4.69) is 10.5 Å². The second-order valence-corrected chi connectivity index (χ2v) is 5.83. The highest BCUT2D eigenvalue weighted by Gasteiger charge is 2.23. The van der Waals surface area contributed by atoms with E-state index >= 15 is 0 Å². The van der Waals surface area contributed by atoms with Gasteiger partial charge in [-0.3, -0.25) is 4.79 Å². The molecule has 1 amide bonds. The highest BCUT2D eigenvalue weighted by Crippen LogP contribution is 2.22. The van der Waals surface area contributed by atoms with E-state index in [4.69, 9.17) is 4.52 Å². The van der Waals surface area contributed by atoms with E-state index in [1.54, 1.807) is 25.1 Å². The molecule has 0 spiro atoms. The minimum atomic E-state index is -0.257. The standard InChI is InChI=1S/C17H21FN2O2/c1-10(2)16-15(12(4)20-22-16)17(21)19-11(3)9-13-7-5-6-8-14(13)18/h5-8,10-11H,9H2,1-4H3,(H,19,21). The van der Waals surface area contributed by atoms with Crippen LogP contribution in [-0.2, 0) is 6.42 Å². The molecule has 1 N–H and O–H groups in total. The predicted molar refractivity (Wildman–Crippen MR) is 82.4 cm³/mol. The molecule has 0 fully saturated rings. The molecule has 0 aliphatic heterocycles. The van der Waals surface area contributed by atoms with Gasteiger partial charge in [0.15, 0.2) is 5.76 Å². The molecule has 5 heteroatoms. The molecule has 0 aliphatic rings. The van der Waals surface area contributed by atoms with Crippen molar-refractivity contribution < 1.29 is 13.7 Å². The Balaban J connectivity index is 2.09. The van der Waals surface area contributed by atoms with Crippen LogP contribution in [0.1, 0.15) is 54.1 Å². The third kappa shape index (κ3) is 3.53. The fraction of sp³-hybridized carbons (Fsp3) is 0.412. The van der Waals surface area contributed by atoms with Crippen LogP contribution in [-0.4, -0.2) is 17.1 Å². The normalized spacial score (nSPS) is 12.5. The SMILES string of the molecule is Cc1noc(C(C)C)c1C(=O)NC(C)Cc1ccccc1F. The van der Waals surface area contributed by atoms with Gasteiger partial charge in [-0.15, -0.1) is 0 Å². The van der Waals surface area contributed by atoms with Crippen LogP contribution in [0, 0.1) is 12.7 Å². The molecule has 0 bridgehead atoms. The van der Waals surface area contributed by atoms with Crippen molar-refractivity contribution >= 4 is 5.91 Å². The Morgan fingerprint density at radius 1 is 1.32 bits per heavy atom. The fourth-order valence-electron chi connectivity index (χ4n) is 2.40. The van der Waals surface area contributed by atoms with Gasteiger partial charge in [0, 0.05) is 12.0 Å². The molecule has 2 rings (SSSR count). The largest absolute Gasteiger partial charge is 0.360 e. The maximum atomic E-state index is 13.7. The lowest BCUT2D eigenvalue weighted by molar-refractivity contribution is 0.0937. The highest BCUT2D eigenvalue weighted by atomic mass is 19.1. The minimum Gasteiger partial charge on any atom is -0.360 e. The van der Waals surface area contributed by atoms with Crippen molar-refractivity contribution in [1.29, 1.82) is 0 Å². The van der Waals surface area contributed by atoms with Gasteiger partial charge in [0.1, 0.15) is 11.4 Å². The Bertz CT molecular complexity index is 664. The smallest absolute Gasteiger partial charge is 0.257 e. The van der Waals surface area contributed by atoms with E-state index in [1.165, 1.54) is 6.07 Å². The van der Waals surface area contributed by atoms with E-state index in [0.29, 0.717) is 29.0 Å². The van der Waals surface area contributed by atoms with Crippen LogP contribution in [0.15, 0.2) is 28.8 Å². The maximum absolute atomic E-state index is 13.7. The van der Waals surface area contributed by atoms with Crippen molar-refractivity contribution in [3.63, 3.8) is 0 Å². The van der Waals surface area contributed by atoms with E-state index < -0.39 is 0 Å². The van der Waals surface area contributed by atoms with E-state index in [1.807, 2.05) is 20.8 Å². The molecule has 0 aliphatic carbocycles. The number of nitrogens with zero attached hydrogens (tertiary/aromatic N) is 1. The highest BCUT2D eigenvalue weighted by molar-refractivity contribution is 5.96. The number of amides is 1. The van der Waals surface area contributed by atoms with E-state index in [9.17, 15) is 9.18 Å². The number of nitrogens with one attached hydrogen (secondary N) is 1. The van der Waals surface area contributed by atoms with Crippen molar-refractivity contribution in [2.75, 3.05) is 0 Å². The number of aromatic nitrogens is 1. The van der Waals surface area contributed by atoms with E-state index in [0.717, 1.165) is 0 Å². The van der Waals surface area contributed by atoms with Gasteiger partial charge in [0.25, 0.3) is 5.91 Å². The second-order valence-electron chi connectivity index (χ2n) is 5.83. The van der Waals surface area contributed by atoms with Crippen LogP contribution in [0.3, 0.4) is 0 Å². The number of benzene rings is 1. The number of halogens is 1. The maximum Gasteiger partial charge on any atom is 0.257 e. The molecule has 0 radical (unpaired) electrons. The lowest BCUT2D eigenvalue weighted by Crippen LogP contribution is -2.35. The summed E-state index contributed by atoms with van der Waals surface area (Å²) in [5.74, 6) is 0.163. The molecule has 1 aromatic heterocycles. The zero-order valence-corrected chi connectivity index (χ0v) is 13.3. The summed E-state index contributed by atoms with van der Waals surface area (Å²) in [6, 6.07) is 6.39. The van der Waals surface area contributed by atoms with Crippen LogP contribution in [0.2, 0.25) is 0 Å². The van der Waals surface area contributed by atoms with Crippen LogP contribution < -0.4 is 5.32 Å². The summed E-state index contributed by atoms with van der Waals surface area (Å²) < 4.78 is 18.9. The quantitative estimate of drug-likeness (QED) is 0.918. The average Bonchev–Trinajstić information content (AvgIpc) is 2.83. The van der Waals surface area contributed by atoms with Gasteiger partial charge in [-0.05, 0) is 31.9 Å². The predicted octanol–water partition coefficient (Wildman–Crippen LogP) is 3.61. The molecule has 1 aromatic carbocycles. The average molecular weight is 304 g/mol. The molecular formula is C17H21FN2O2. The lowest BCUT2D eigenvalue weighted by Gasteiger charge is -2.15. The second kappa shape index (κ2) is 6.73. The Hall–Kier alpha value is -2.17. The van der Waals surface area contributed by atoms with Gasteiger partial charge in [0.2, 0.25) is 0 Å². The number of carbonyl (C=O) groups excluding carboxylic acids is 1. The van der Waals surface area contributed by atoms with Crippen molar-refractivity contribution in [3.8, 4) is 0 Å². The summed E-state index contributed by atoms with van der Waals surface area (Å²) in [5, 5.41) is 6.76. The topological polar surface area (TPSA) is 55.1 Å². The molecular weight excluding hydrogens is 283 g/mol. The number of hydrogen-bond donors (Lipinski definition) is 1. The number of rotatable bonds is 5. The molecule has 118 valence electrons. The van der Waals surface area contributed by atoms with Crippen LogP contribution in [0.4, 0.5) is 4.39 Å². The molecule has 2 aromatic rings. The van der Waals surface area contributed by atoms with Gasteiger partial charge < -0.3 is 9.84 Å². The van der Waals surface area contributed by atoms with Crippen molar-refractivity contribution in [1.82, 2.24) is 10.5 Å². The first-order valence-electron chi connectivity index (χ1n) is 7.40. The summed E-state index contributed by atoms with van der Waals surface area (Å²) in [6.07, 6.45) is 0.430. The first kappa shape index (κ1) is 16.2. The monoisotopic (exact) mass is 304 g/mol. The molecule has 1 atom stereocenters. The van der Waals surface area contributed by atoms with E-state index in [-0.39, 0.29) is 23.7 Å². The van der Waals surface area contributed by atoms with Crippen LogP contribution >= 0.6 is 0 Å². The number of aryl methyl sites for hydroxylation is 1. The summed E-state index contributed by atoms with van der Waals surface area (Å²) >= 11 is 0. The fourth-order valence-corrected chi connectivity index (χ4v) is 2.40. The molecule has 22 heavy (non-hydrogen) atoms. The molecule has 4 nitrogen and oxygen atoms in total. The Morgan fingerprint density at radius 2 is 2.00 bits per heavy atom. The number of carbonyl (C=O) groups is 1. The third-order valence-corrected chi connectivity index (χ3v) is 3.50. The summed E-state index contributed by atoms with van der Waals surface area (Å²) in [6.45, 7) is 7.48. The Kier molecular flexibility index (Phi) is 4.96. The summed E-state index contributed by atoms with van der Waals surface area (Å²) in [5.41, 5.74) is 1.64. The van der Waals surface area contributed by atoms with Gasteiger partial charge in [-0.25, -0.2) is 4.39 Å². The molecule has 0 saturated carbocycles. The number of hydrogen-bond acceptors (Lipinski definition) is 3. The lowest BCUT2D eigenvalue weighted by atomic mass is 10.0. The first-order valence-corrected chi connectivity index (χ1v) is 7.40. The van der Waals surface area contributed by atoms with Crippen molar-refractivity contribution in [2.24, 2.45) is 0 Å². The summed E-state index contributed by atoms with van der Waals surface area (Å²) in [4.78, 5) is 12.4. The van der Waals surface area contributed by atoms with Crippen molar-refractivity contribution in [3.05, 3.63) is 52.7 Å². The van der Waals surface area contributed by atoms with Gasteiger partial charge >= 0.3 is 0 Å². The van der Waals surface area contributed by atoms with Gasteiger partial charge in [0.05, 0.1) is 5.69 Å². The molecule has 1 unspecified atom stereocenters. The minimum absolute atomic E-state index is 0.0730. The van der Waals surface area contributed by atoms with Crippen LogP contribution in [0.25, 0.3) is 0 Å². The van der Waals surface area contributed by atoms with Crippen LogP contribution in [0.5, 0.6) is 0 Å². The van der Waals surface area contributed by atoms with Crippen molar-refractivity contribution in [2.45, 2.75) is 46.1 Å².